The van der Waals surface area contributed by atoms with Gasteiger partial charge in [-0.15, -0.1) is 6.58 Å². The molecule has 0 amide bonds. The van der Waals surface area contributed by atoms with Gasteiger partial charge in [-0.1, -0.05) is 13.0 Å². The van der Waals surface area contributed by atoms with E-state index in [1.54, 1.807) is 0 Å². The molecule has 0 aromatic heterocycles. The van der Waals surface area contributed by atoms with Gasteiger partial charge in [-0.3, -0.25) is 0 Å². The summed E-state index contributed by atoms with van der Waals surface area (Å²) in [7, 11) is 0. The fourth-order valence-corrected chi connectivity index (χ4v) is 0.815. The SMILES string of the molecule is C=CCNCCOCCOCCC. The van der Waals surface area contributed by atoms with Gasteiger partial charge in [0.05, 0.1) is 19.8 Å². The second kappa shape index (κ2) is 11.6. The molecule has 0 saturated heterocycles. The first-order valence-corrected chi connectivity index (χ1v) is 4.89. The highest BCUT2D eigenvalue weighted by molar-refractivity contribution is 4.68. The van der Waals surface area contributed by atoms with E-state index in [1.165, 1.54) is 0 Å². The molecule has 0 bridgehead atoms. The molecule has 0 aromatic carbocycles. The van der Waals surface area contributed by atoms with E-state index in [0.29, 0.717) is 13.2 Å². The lowest BCUT2D eigenvalue weighted by atomic mass is 10.5. The Labute approximate surface area is 81.1 Å². The third-order valence-electron chi connectivity index (χ3n) is 1.43. The molecule has 0 aliphatic heterocycles. The number of hydrogen-bond acceptors (Lipinski definition) is 3. The predicted molar refractivity (Wildman–Crippen MR) is 55.0 cm³/mol. The van der Waals surface area contributed by atoms with Gasteiger partial charge in [0.25, 0.3) is 0 Å². The molecule has 78 valence electrons. The summed E-state index contributed by atoms with van der Waals surface area (Å²) in [5.41, 5.74) is 0. The minimum Gasteiger partial charge on any atom is -0.379 e. The second-order valence-electron chi connectivity index (χ2n) is 2.72. The molecule has 0 atom stereocenters. The van der Waals surface area contributed by atoms with Crippen molar-refractivity contribution in [3.05, 3.63) is 12.7 Å². The molecule has 0 aliphatic carbocycles. The Morgan fingerprint density at radius 3 is 2.46 bits per heavy atom. The van der Waals surface area contributed by atoms with E-state index >= 15 is 0 Å². The highest BCUT2D eigenvalue weighted by Gasteiger charge is 1.88. The Hall–Kier alpha value is -0.380. The van der Waals surface area contributed by atoms with Crippen molar-refractivity contribution in [3.8, 4) is 0 Å². The van der Waals surface area contributed by atoms with Crippen LogP contribution in [-0.4, -0.2) is 39.5 Å². The van der Waals surface area contributed by atoms with Gasteiger partial charge in [-0.2, -0.15) is 0 Å². The van der Waals surface area contributed by atoms with Gasteiger partial charge >= 0.3 is 0 Å². The molecule has 3 nitrogen and oxygen atoms in total. The summed E-state index contributed by atoms with van der Waals surface area (Å²) in [6.45, 7) is 10.4. The molecule has 0 rings (SSSR count). The third-order valence-corrected chi connectivity index (χ3v) is 1.43. The molecule has 13 heavy (non-hydrogen) atoms. The average molecular weight is 187 g/mol. The molecule has 0 unspecified atom stereocenters. The lowest BCUT2D eigenvalue weighted by Gasteiger charge is -2.04. The summed E-state index contributed by atoms with van der Waals surface area (Å²) < 4.78 is 10.6. The van der Waals surface area contributed by atoms with E-state index in [0.717, 1.165) is 32.7 Å². The molecule has 0 radical (unpaired) electrons. The smallest absolute Gasteiger partial charge is 0.0701 e. The standard InChI is InChI=1S/C10H21NO2/c1-3-5-11-6-8-13-10-9-12-7-4-2/h3,11H,1,4-10H2,2H3. The van der Waals surface area contributed by atoms with Gasteiger partial charge in [-0.25, -0.2) is 0 Å². The monoisotopic (exact) mass is 187 g/mol. The maximum Gasteiger partial charge on any atom is 0.0701 e. The maximum atomic E-state index is 5.30. The van der Waals surface area contributed by atoms with Gasteiger partial charge in [0, 0.05) is 19.7 Å². The van der Waals surface area contributed by atoms with Crippen LogP contribution in [0, 0.1) is 0 Å². The Bertz CT molecular complexity index is 107. The van der Waals surface area contributed by atoms with Crippen LogP contribution in [0.25, 0.3) is 0 Å². The van der Waals surface area contributed by atoms with Crippen LogP contribution in [0.1, 0.15) is 13.3 Å². The zero-order valence-electron chi connectivity index (χ0n) is 8.55. The van der Waals surface area contributed by atoms with Crippen LogP contribution in [0.3, 0.4) is 0 Å². The summed E-state index contributed by atoms with van der Waals surface area (Å²) in [5, 5.41) is 3.15. The Morgan fingerprint density at radius 2 is 1.85 bits per heavy atom. The number of ether oxygens (including phenoxy) is 2. The summed E-state index contributed by atoms with van der Waals surface area (Å²) in [6, 6.07) is 0. The molecule has 0 aromatic rings. The zero-order valence-corrected chi connectivity index (χ0v) is 8.55. The van der Waals surface area contributed by atoms with Gasteiger partial charge in [0.1, 0.15) is 0 Å². The maximum absolute atomic E-state index is 5.30. The van der Waals surface area contributed by atoms with E-state index in [-0.39, 0.29) is 0 Å². The van der Waals surface area contributed by atoms with E-state index < -0.39 is 0 Å². The second-order valence-corrected chi connectivity index (χ2v) is 2.72. The van der Waals surface area contributed by atoms with Crippen LogP contribution in [0.4, 0.5) is 0 Å². The van der Waals surface area contributed by atoms with Crippen molar-refractivity contribution >= 4 is 0 Å². The van der Waals surface area contributed by atoms with Crippen LogP contribution in [0.2, 0.25) is 0 Å². The predicted octanol–water partition coefficient (Wildman–Crippen LogP) is 1.21. The van der Waals surface area contributed by atoms with Crippen molar-refractivity contribution in [3.63, 3.8) is 0 Å². The molecule has 0 aliphatic rings. The van der Waals surface area contributed by atoms with Gasteiger partial charge < -0.3 is 14.8 Å². The minimum atomic E-state index is 0.690. The van der Waals surface area contributed by atoms with Gasteiger partial charge in [0.15, 0.2) is 0 Å². The van der Waals surface area contributed by atoms with E-state index in [2.05, 4.69) is 18.8 Å². The van der Waals surface area contributed by atoms with Crippen LogP contribution < -0.4 is 5.32 Å². The van der Waals surface area contributed by atoms with Crippen molar-refractivity contribution in [1.29, 1.82) is 0 Å². The van der Waals surface area contributed by atoms with Crippen molar-refractivity contribution in [2.75, 3.05) is 39.5 Å². The molecule has 0 saturated carbocycles. The molecule has 3 heteroatoms. The summed E-state index contributed by atoms with van der Waals surface area (Å²) in [4.78, 5) is 0. The molecule has 0 fully saturated rings. The highest BCUT2D eigenvalue weighted by Crippen LogP contribution is 1.81. The number of rotatable bonds is 10. The zero-order chi connectivity index (χ0) is 9.78. The largest absolute Gasteiger partial charge is 0.379 e. The topological polar surface area (TPSA) is 30.5 Å². The first-order chi connectivity index (χ1) is 6.41. The molecule has 0 heterocycles. The first-order valence-electron chi connectivity index (χ1n) is 4.89. The van der Waals surface area contributed by atoms with Gasteiger partial charge in [-0.05, 0) is 6.42 Å². The van der Waals surface area contributed by atoms with E-state index in [1.807, 2.05) is 6.08 Å². The Balaban J connectivity index is 2.79. The molecule has 1 N–H and O–H groups in total. The summed E-state index contributed by atoms with van der Waals surface area (Å²) in [5.74, 6) is 0. The molecular formula is C10H21NO2. The van der Waals surface area contributed by atoms with Crippen LogP contribution >= 0.6 is 0 Å². The minimum absolute atomic E-state index is 0.690. The van der Waals surface area contributed by atoms with Crippen molar-refractivity contribution in [2.45, 2.75) is 13.3 Å². The number of nitrogens with one attached hydrogen (secondary N) is 1. The van der Waals surface area contributed by atoms with Crippen molar-refractivity contribution in [1.82, 2.24) is 5.32 Å². The summed E-state index contributed by atoms with van der Waals surface area (Å²) >= 11 is 0. The van der Waals surface area contributed by atoms with Gasteiger partial charge in [0.2, 0.25) is 0 Å². The van der Waals surface area contributed by atoms with Crippen molar-refractivity contribution in [2.24, 2.45) is 0 Å². The fraction of sp³-hybridized carbons (Fsp3) is 0.800. The normalized spacial score (nSPS) is 10.2. The molecule has 0 spiro atoms. The number of hydrogen-bond donors (Lipinski definition) is 1. The molecular weight excluding hydrogens is 166 g/mol. The van der Waals surface area contributed by atoms with Crippen LogP contribution in [0.15, 0.2) is 12.7 Å². The Morgan fingerprint density at radius 1 is 1.15 bits per heavy atom. The first kappa shape index (κ1) is 12.6. The summed E-state index contributed by atoms with van der Waals surface area (Å²) in [6.07, 6.45) is 2.91. The van der Waals surface area contributed by atoms with Crippen molar-refractivity contribution < 1.29 is 9.47 Å². The van der Waals surface area contributed by atoms with Crippen LogP contribution in [0.5, 0.6) is 0 Å². The fourth-order valence-electron chi connectivity index (χ4n) is 0.815. The quantitative estimate of drug-likeness (QED) is 0.412. The van der Waals surface area contributed by atoms with Crippen LogP contribution in [-0.2, 0) is 9.47 Å². The van der Waals surface area contributed by atoms with E-state index in [4.69, 9.17) is 9.47 Å². The lowest BCUT2D eigenvalue weighted by molar-refractivity contribution is 0.0493. The lowest BCUT2D eigenvalue weighted by Crippen LogP contribution is -2.20. The van der Waals surface area contributed by atoms with E-state index in [9.17, 15) is 0 Å². The third kappa shape index (κ3) is 11.6. The average Bonchev–Trinajstić information content (AvgIpc) is 2.16. The Kier molecular flexibility index (Phi) is 11.3. The highest BCUT2D eigenvalue weighted by atomic mass is 16.5.